The van der Waals surface area contributed by atoms with Crippen LogP contribution in [0, 0.1) is 5.82 Å². The van der Waals surface area contributed by atoms with Crippen molar-refractivity contribution in [2.45, 2.75) is 12.5 Å². The average Bonchev–Trinajstić information content (AvgIpc) is 2.67. The Morgan fingerprint density at radius 1 is 1.12 bits per heavy atom. The number of esters is 1. The quantitative estimate of drug-likeness (QED) is 0.572. The van der Waals surface area contributed by atoms with Crippen molar-refractivity contribution >= 4 is 11.9 Å². The van der Waals surface area contributed by atoms with Crippen molar-refractivity contribution in [3.63, 3.8) is 0 Å². The molecule has 0 saturated carbocycles. The van der Waals surface area contributed by atoms with Crippen molar-refractivity contribution in [2.24, 2.45) is 5.73 Å². The first-order valence-corrected chi connectivity index (χ1v) is 8.11. The molecule has 0 aliphatic carbocycles. The summed E-state index contributed by atoms with van der Waals surface area (Å²) < 4.78 is 17.9. The van der Waals surface area contributed by atoms with Crippen LogP contribution in [0.15, 0.2) is 54.6 Å². The Hall–Kier alpha value is -2.77. The van der Waals surface area contributed by atoms with E-state index in [-0.39, 0.29) is 25.3 Å². The van der Waals surface area contributed by atoms with E-state index >= 15 is 0 Å². The number of methoxy groups -OCH3 is 1. The van der Waals surface area contributed by atoms with E-state index in [9.17, 15) is 14.0 Å². The number of carbonyl (C=O) groups excluding carboxylic acids is 2. The fraction of sp³-hybridized carbons (Fsp3) is 0.263. The van der Waals surface area contributed by atoms with Crippen molar-refractivity contribution in [3.05, 3.63) is 71.5 Å². The molecule has 0 bridgehead atoms. The van der Waals surface area contributed by atoms with E-state index in [1.54, 1.807) is 42.5 Å². The fourth-order valence-electron chi connectivity index (χ4n) is 2.41. The highest BCUT2D eigenvalue weighted by Gasteiger charge is 2.30. The molecule has 0 amide bonds. The molecule has 1 atom stereocenters. The van der Waals surface area contributed by atoms with Gasteiger partial charge in [-0.25, -0.2) is 9.18 Å². The molecule has 0 fully saturated rings. The summed E-state index contributed by atoms with van der Waals surface area (Å²) in [4.78, 5) is 30.0. The molecule has 0 aliphatic heterocycles. The van der Waals surface area contributed by atoms with Crippen molar-refractivity contribution in [2.75, 3.05) is 20.2 Å². The predicted octanol–water partition coefficient (Wildman–Crippen LogP) is 1.94. The zero-order valence-electron chi connectivity index (χ0n) is 14.4. The molecule has 2 N–H and O–H groups in total. The minimum atomic E-state index is -0.901. The van der Waals surface area contributed by atoms with Gasteiger partial charge in [-0.3, -0.25) is 4.79 Å². The number of hydroxylamine groups is 2. The minimum Gasteiger partial charge on any atom is -0.468 e. The Kier molecular flexibility index (Phi) is 7.25. The number of hydrogen-bond acceptors (Lipinski definition) is 6. The van der Waals surface area contributed by atoms with Crippen LogP contribution in [0.1, 0.15) is 15.9 Å². The Bertz CT molecular complexity index is 722. The smallest absolute Gasteiger partial charge is 0.357 e. The van der Waals surface area contributed by atoms with Gasteiger partial charge in [0.05, 0.1) is 12.7 Å². The summed E-state index contributed by atoms with van der Waals surface area (Å²) in [5.41, 5.74) is 6.64. The summed E-state index contributed by atoms with van der Waals surface area (Å²) in [6.07, 6.45) is 0.176. The van der Waals surface area contributed by atoms with E-state index in [2.05, 4.69) is 0 Å². The molecule has 7 heteroatoms. The molecular weight excluding hydrogens is 339 g/mol. The number of carbonyl (C=O) groups is 2. The number of benzene rings is 2. The van der Waals surface area contributed by atoms with Crippen LogP contribution in [-0.2, 0) is 20.8 Å². The number of hydrogen-bond donors (Lipinski definition) is 1. The summed E-state index contributed by atoms with van der Waals surface area (Å²) in [5.74, 6) is -1.56. The molecule has 26 heavy (non-hydrogen) atoms. The van der Waals surface area contributed by atoms with Crippen molar-refractivity contribution in [1.29, 1.82) is 0 Å². The molecule has 0 unspecified atom stereocenters. The van der Waals surface area contributed by atoms with Crippen molar-refractivity contribution < 1.29 is 23.6 Å². The Morgan fingerprint density at radius 3 is 2.35 bits per heavy atom. The second kappa shape index (κ2) is 9.65. The first-order chi connectivity index (χ1) is 12.5. The van der Waals surface area contributed by atoms with Crippen LogP contribution in [0.5, 0.6) is 0 Å². The first kappa shape index (κ1) is 19.6. The van der Waals surface area contributed by atoms with E-state index in [0.29, 0.717) is 11.1 Å². The molecule has 2 aromatic carbocycles. The molecular formula is C19H21FN2O4. The van der Waals surface area contributed by atoms with Gasteiger partial charge in [-0.1, -0.05) is 30.3 Å². The third kappa shape index (κ3) is 5.37. The number of halogens is 1. The van der Waals surface area contributed by atoms with Crippen LogP contribution in [-0.4, -0.2) is 43.2 Å². The normalized spacial score (nSPS) is 11.8. The highest BCUT2D eigenvalue weighted by atomic mass is 19.1. The highest BCUT2D eigenvalue weighted by Crippen LogP contribution is 2.14. The SMILES string of the molecule is COC(=O)[C@@H](Cc1ccc(F)cc1)N(CCN)OC(=O)c1ccccc1. The van der Waals surface area contributed by atoms with Gasteiger partial charge in [-0.2, -0.15) is 0 Å². The van der Waals surface area contributed by atoms with E-state index in [1.165, 1.54) is 24.3 Å². The fourth-order valence-corrected chi connectivity index (χ4v) is 2.41. The summed E-state index contributed by atoms with van der Waals surface area (Å²) in [6, 6.07) is 13.2. The summed E-state index contributed by atoms with van der Waals surface area (Å²) in [5, 5.41) is 1.21. The molecule has 0 aliphatic rings. The number of rotatable bonds is 8. The molecule has 2 rings (SSSR count). The zero-order valence-corrected chi connectivity index (χ0v) is 14.4. The van der Waals surface area contributed by atoms with Crippen LogP contribution >= 0.6 is 0 Å². The predicted molar refractivity (Wildman–Crippen MR) is 93.5 cm³/mol. The first-order valence-electron chi connectivity index (χ1n) is 8.11. The third-order valence-corrected chi connectivity index (χ3v) is 3.72. The van der Waals surface area contributed by atoms with Gasteiger partial charge in [0, 0.05) is 19.5 Å². The largest absolute Gasteiger partial charge is 0.468 e. The van der Waals surface area contributed by atoms with E-state index in [1.807, 2.05) is 0 Å². The maximum absolute atomic E-state index is 13.1. The van der Waals surface area contributed by atoms with E-state index < -0.39 is 18.0 Å². The van der Waals surface area contributed by atoms with Gasteiger partial charge < -0.3 is 15.3 Å². The van der Waals surface area contributed by atoms with Crippen molar-refractivity contribution in [1.82, 2.24) is 5.06 Å². The molecule has 0 radical (unpaired) electrons. The standard InChI is InChI=1S/C19H21FN2O4/c1-25-19(24)17(13-14-7-9-16(20)10-8-14)22(12-11-21)26-18(23)15-5-3-2-4-6-15/h2-10,17H,11-13,21H2,1H3/t17-/m1/s1. The van der Waals surface area contributed by atoms with Crippen molar-refractivity contribution in [3.8, 4) is 0 Å². The molecule has 138 valence electrons. The summed E-state index contributed by atoms with van der Waals surface area (Å²) >= 11 is 0. The molecule has 0 heterocycles. The van der Waals surface area contributed by atoms with Gasteiger partial charge in [0.2, 0.25) is 0 Å². The molecule has 0 saturated heterocycles. The highest BCUT2D eigenvalue weighted by molar-refractivity contribution is 5.89. The summed E-state index contributed by atoms with van der Waals surface area (Å²) in [7, 11) is 1.25. The second-order valence-electron chi connectivity index (χ2n) is 5.54. The van der Waals surface area contributed by atoms with Crippen LogP contribution < -0.4 is 5.73 Å². The van der Waals surface area contributed by atoms with Gasteiger partial charge in [0.1, 0.15) is 11.9 Å². The molecule has 0 spiro atoms. The molecule has 0 aromatic heterocycles. The van der Waals surface area contributed by atoms with Gasteiger partial charge in [0.25, 0.3) is 0 Å². The Labute approximate surface area is 151 Å². The van der Waals surface area contributed by atoms with Crippen LogP contribution in [0.2, 0.25) is 0 Å². The van der Waals surface area contributed by atoms with Crippen LogP contribution in [0.3, 0.4) is 0 Å². The number of ether oxygens (including phenoxy) is 1. The van der Waals surface area contributed by atoms with Gasteiger partial charge >= 0.3 is 11.9 Å². The van der Waals surface area contributed by atoms with Crippen LogP contribution in [0.4, 0.5) is 4.39 Å². The lowest BCUT2D eigenvalue weighted by Gasteiger charge is -2.28. The molecule has 6 nitrogen and oxygen atoms in total. The maximum Gasteiger partial charge on any atom is 0.357 e. The van der Waals surface area contributed by atoms with Gasteiger partial charge in [-0.15, -0.1) is 5.06 Å². The number of nitrogens with zero attached hydrogens (tertiary/aromatic N) is 1. The topological polar surface area (TPSA) is 81.9 Å². The second-order valence-corrected chi connectivity index (χ2v) is 5.54. The Morgan fingerprint density at radius 2 is 1.77 bits per heavy atom. The lowest BCUT2D eigenvalue weighted by molar-refractivity contribution is -0.173. The monoisotopic (exact) mass is 360 g/mol. The zero-order chi connectivity index (χ0) is 18.9. The van der Waals surface area contributed by atoms with Gasteiger partial charge in [0.15, 0.2) is 0 Å². The lowest BCUT2D eigenvalue weighted by atomic mass is 10.1. The van der Waals surface area contributed by atoms with Gasteiger partial charge in [-0.05, 0) is 29.8 Å². The molecule has 2 aromatic rings. The number of nitrogens with two attached hydrogens (primary N) is 1. The average molecular weight is 360 g/mol. The lowest BCUT2D eigenvalue weighted by Crippen LogP contribution is -2.46. The maximum atomic E-state index is 13.1. The third-order valence-electron chi connectivity index (χ3n) is 3.72. The van der Waals surface area contributed by atoms with E-state index in [4.69, 9.17) is 15.3 Å². The van der Waals surface area contributed by atoms with E-state index in [0.717, 1.165) is 0 Å². The minimum absolute atomic E-state index is 0.138. The summed E-state index contributed by atoms with van der Waals surface area (Å²) in [6.45, 7) is 0.304. The Balaban J connectivity index is 2.20. The van der Waals surface area contributed by atoms with Crippen LogP contribution in [0.25, 0.3) is 0 Å².